The minimum atomic E-state index is 0.0234. The lowest BCUT2D eigenvalue weighted by atomic mass is 9.92. The summed E-state index contributed by atoms with van der Waals surface area (Å²) in [4.78, 5) is 30.8. The summed E-state index contributed by atoms with van der Waals surface area (Å²) in [6.45, 7) is 3.42. The van der Waals surface area contributed by atoms with Crippen molar-refractivity contribution in [3.05, 3.63) is 28.8 Å². The summed E-state index contributed by atoms with van der Waals surface area (Å²) >= 11 is 6.46. The number of carbonyl (C=O) groups is 2. The number of fused-ring (bicyclic) bond motifs is 1. The molecule has 25 heavy (non-hydrogen) atoms. The number of benzene rings is 1. The smallest absolute Gasteiger partial charge is 0.253 e. The van der Waals surface area contributed by atoms with Crippen molar-refractivity contribution in [1.82, 2.24) is 9.80 Å². The number of amides is 2. The summed E-state index contributed by atoms with van der Waals surface area (Å²) in [7, 11) is 1.88. The van der Waals surface area contributed by atoms with Gasteiger partial charge in [0.15, 0.2) is 0 Å². The summed E-state index contributed by atoms with van der Waals surface area (Å²) in [6.07, 6.45) is 3.80. The fourth-order valence-electron chi connectivity index (χ4n) is 4.51. The van der Waals surface area contributed by atoms with Crippen molar-refractivity contribution in [2.24, 2.45) is 5.92 Å². The van der Waals surface area contributed by atoms with Gasteiger partial charge < -0.3 is 14.7 Å². The molecule has 0 aromatic heterocycles. The number of hydrogen-bond acceptors (Lipinski definition) is 3. The van der Waals surface area contributed by atoms with E-state index in [9.17, 15) is 9.59 Å². The molecule has 0 spiro atoms. The lowest BCUT2D eigenvalue weighted by Gasteiger charge is -2.36. The number of carbonyl (C=O) groups excluding carboxylic acids is 2. The molecule has 0 aliphatic carbocycles. The largest absolute Gasteiger partial charge is 0.370 e. The van der Waals surface area contributed by atoms with Crippen molar-refractivity contribution >= 4 is 29.1 Å². The highest BCUT2D eigenvalue weighted by Gasteiger charge is 2.42. The van der Waals surface area contributed by atoms with Gasteiger partial charge in [-0.05, 0) is 37.5 Å². The second kappa shape index (κ2) is 6.52. The highest BCUT2D eigenvalue weighted by atomic mass is 35.5. The Bertz CT molecular complexity index is 702. The van der Waals surface area contributed by atoms with Gasteiger partial charge in [-0.15, -0.1) is 0 Å². The van der Waals surface area contributed by atoms with Crippen molar-refractivity contribution in [2.75, 3.05) is 38.1 Å². The number of halogens is 1. The predicted octanol–water partition coefficient (Wildman–Crippen LogP) is 2.63. The van der Waals surface area contributed by atoms with Gasteiger partial charge in [-0.1, -0.05) is 11.6 Å². The van der Waals surface area contributed by atoms with Crippen LogP contribution in [-0.4, -0.2) is 60.9 Å². The average Bonchev–Trinajstić information content (AvgIpc) is 3.23. The number of anilines is 1. The first-order valence-electron chi connectivity index (χ1n) is 9.14. The summed E-state index contributed by atoms with van der Waals surface area (Å²) in [5, 5.41) is 0.651. The quantitative estimate of drug-likeness (QED) is 0.813. The third-order valence-electron chi connectivity index (χ3n) is 5.95. The third kappa shape index (κ3) is 2.99. The fourth-order valence-corrected chi connectivity index (χ4v) is 4.81. The van der Waals surface area contributed by atoms with E-state index in [2.05, 4.69) is 4.90 Å². The lowest BCUT2D eigenvalue weighted by Crippen LogP contribution is -2.47. The Morgan fingerprint density at radius 1 is 1.20 bits per heavy atom. The van der Waals surface area contributed by atoms with Gasteiger partial charge in [-0.2, -0.15) is 0 Å². The Hall–Kier alpha value is -1.75. The molecule has 3 heterocycles. The van der Waals surface area contributed by atoms with Gasteiger partial charge >= 0.3 is 0 Å². The third-order valence-corrected chi connectivity index (χ3v) is 6.25. The van der Waals surface area contributed by atoms with E-state index >= 15 is 0 Å². The Morgan fingerprint density at radius 2 is 1.96 bits per heavy atom. The maximum atomic E-state index is 12.9. The van der Waals surface area contributed by atoms with E-state index in [0.717, 1.165) is 25.2 Å². The summed E-state index contributed by atoms with van der Waals surface area (Å²) in [5.74, 6) is 0.479. The molecule has 1 aromatic carbocycles. The van der Waals surface area contributed by atoms with E-state index in [1.54, 1.807) is 6.07 Å². The maximum absolute atomic E-state index is 12.9. The average molecular weight is 362 g/mol. The number of likely N-dealkylation sites (tertiary alicyclic amines) is 2. The molecule has 0 unspecified atom stereocenters. The van der Waals surface area contributed by atoms with E-state index in [1.165, 1.54) is 12.8 Å². The molecule has 0 bridgehead atoms. The van der Waals surface area contributed by atoms with Crippen molar-refractivity contribution < 1.29 is 9.59 Å². The Balaban J connectivity index is 1.48. The van der Waals surface area contributed by atoms with E-state index in [0.29, 0.717) is 30.1 Å². The predicted molar refractivity (Wildman–Crippen MR) is 98.1 cm³/mol. The normalized spacial score (nSPS) is 26.3. The molecule has 0 saturated carbocycles. The lowest BCUT2D eigenvalue weighted by molar-refractivity contribution is -0.127. The first-order valence-corrected chi connectivity index (χ1v) is 9.52. The number of rotatable bonds is 2. The maximum Gasteiger partial charge on any atom is 0.253 e. The standard InChI is InChI=1S/C19H24ClN3O2/c1-21-16-6-9-23(12-14(16)11-18(21)24)19(25)13-4-5-17(15(20)10-13)22-7-2-3-8-22/h4-5,10,14,16H,2-3,6-9,11-12H2,1H3/t14-,16+/m1/s1. The molecular weight excluding hydrogens is 338 g/mol. The van der Waals surface area contributed by atoms with Crippen LogP contribution in [0.15, 0.2) is 18.2 Å². The molecule has 1 aromatic rings. The summed E-state index contributed by atoms with van der Waals surface area (Å²) in [5.41, 5.74) is 1.67. The van der Waals surface area contributed by atoms with Gasteiger partial charge in [-0.25, -0.2) is 0 Å². The molecule has 134 valence electrons. The zero-order chi connectivity index (χ0) is 17.6. The first-order chi connectivity index (χ1) is 12.0. The van der Waals surface area contributed by atoms with Gasteiger partial charge in [0, 0.05) is 57.2 Å². The minimum absolute atomic E-state index is 0.0234. The monoisotopic (exact) mass is 361 g/mol. The van der Waals surface area contributed by atoms with Crippen molar-refractivity contribution in [1.29, 1.82) is 0 Å². The van der Waals surface area contributed by atoms with E-state index in [4.69, 9.17) is 11.6 Å². The molecule has 4 rings (SSSR count). The molecule has 3 aliphatic rings. The zero-order valence-electron chi connectivity index (χ0n) is 14.6. The Morgan fingerprint density at radius 3 is 2.68 bits per heavy atom. The highest BCUT2D eigenvalue weighted by Crippen LogP contribution is 2.33. The molecular formula is C19H24ClN3O2. The number of nitrogens with zero attached hydrogens (tertiary/aromatic N) is 3. The molecule has 3 aliphatic heterocycles. The van der Waals surface area contributed by atoms with Crippen LogP contribution in [-0.2, 0) is 4.79 Å². The van der Waals surface area contributed by atoms with E-state index in [1.807, 2.05) is 29.0 Å². The van der Waals surface area contributed by atoms with Crippen LogP contribution in [0.1, 0.15) is 36.0 Å². The topological polar surface area (TPSA) is 43.9 Å². The first kappa shape index (κ1) is 16.7. The Kier molecular flexibility index (Phi) is 4.36. The van der Waals surface area contributed by atoms with Crippen LogP contribution in [0.5, 0.6) is 0 Å². The second-order valence-electron chi connectivity index (χ2n) is 7.44. The molecule has 5 nitrogen and oxygen atoms in total. The minimum Gasteiger partial charge on any atom is -0.370 e. The molecule has 3 fully saturated rings. The molecule has 2 amide bonds. The molecule has 0 radical (unpaired) electrons. The van der Waals surface area contributed by atoms with E-state index < -0.39 is 0 Å². The zero-order valence-corrected chi connectivity index (χ0v) is 15.3. The molecule has 0 N–H and O–H groups in total. The van der Waals surface area contributed by atoms with Gasteiger partial charge in [0.1, 0.15) is 0 Å². The summed E-state index contributed by atoms with van der Waals surface area (Å²) in [6, 6.07) is 5.95. The van der Waals surface area contributed by atoms with Crippen LogP contribution in [0.3, 0.4) is 0 Å². The van der Waals surface area contributed by atoms with Crippen LogP contribution in [0, 0.1) is 5.92 Å². The van der Waals surface area contributed by atoms with Crippen LogP contribution < -0.4 is 4.90 Å². The summed E-state index contributed by atoms with van der Waals surface area (Å²) < 4.78 is 0. The molecule has 3 saturated heterocycles. The van der Waals surface area contributed by atoms with Gasteiger partial charge in [0.05, 0.1) is 10.7 Å². The Labute approximate surface area is 153 Å². The van der Waals surface area contributed by atoms with E-state index in [-0.39, 0.29) is 23.8 Å². The van der Waals surface area contributed by atoms with Gasteiger partial charge in [-0.3, -0.25) is 9.59 Å². The van der Waals surface area contributed by atoms with Crippen LogP contribution in [0.25, 0.3) is 0 Å². The molecule has 6 heteroatoms. The van der Waals surface area contributed by atoms with Gasteiger partial charge in [0.2, 0.25) is 5.91 Å². The second-order valence-corrected chi connectivity index (χ2v) is 7.84. The van der Waals surface area contributed by atoms with Crippen molar-refractivity contribution in [2.45, 2.75) is 31.7 Å². The molecule has 2 atom stereocenters. The number of piperidine rings is 1. The van der Waals surface area contributed by atoms with Crippen molar-refractivity contribution in [3.63, 3.8) is 0 Å². The fraction of sp³-hybridized carbons (Fsp3) is 0.579. The van der Waals surface area contributed by atoms with Gasteiger partial charge in [0.25, 0.3) is 5.91 Å². The van der Waals surface area contributed by atoms with Crippen LogP contribution in [0.4, 0.5) is 5.69 Å². The number of hydrogen-bond donors (Lipinski definition) is 0. The van der Waals surface area contributed by atoms with Crippen LogP contribution >= 0.6 is 11.6 Å². The highest BCUT2D eigenvalue weighted by molar-refractivity contribution is 6.33. The van der Waals surface area contributed by atoms with Crippen LogP contribution in [0.2, 0.25) is 5.02 Å². The van der Waals surface area contributed by atoms with Crippen molar-refractivity contribution in [3.8, 4) is 0 Å². The SMILES string of the molecule is CN1C(=O)C[C@@H]2CN(C(=O)c3ccc(N4CCCC4)c(Cl)c3)CC[C@@H]21.